The quantitative estimate of drug-likeness (QED) is 0.542. The highest BCUT2D eigenvalue weighted by Crippen LogP contribution is 2.20. The summed E-state index contributed by atoms with van der Waals surface area (Å²) < 4.78 is 41.4. The summed E-state index contributed by atoms with van der Waals surface area (Å²) >= 11 is 0. The van der Waals surface area contributed by atoms with Crippen molar-refractivity contribution >= 4 is 10.1 Å². The van der Waals surface area contributed by atoms with Crippen molar-refractivity contribution in [2.45, 2.75) is 31.1 Å². The Morgan fingerprint density at radius 1 is 1.08 bits per heavy atom. The molecule has 1 unspecified atom stereocenters. The Morgan fingerprint density at radius 3 is 2.44 bits per heavy atom. The molecule has 6 heteroatoms. The molecule has 2 rings (SSSR count). The fraction of sp³-hybridized carbons (Fsp3) is 0.368. The molecule has 1 atom stereocenters. The Labute approximate surface area is 149 Å². The second kappa shape index (κ2) is 8.99. The molecule has 0 saturated carbocycles. The third-order valence-electron chi connectivity index (χ3n) is 3.97. The lowest BCUT2D eigenvalue weighted by atomic mass is 9.94. The van der Waals surface area contributed by atoms with Gasteiger partial charge < -0.3 is 9.47 Å². The third-order valence-corrected chi connectivity index (χ3v) is 4.84. The molecule has 2 aromatic rings. The second-order valence-electron chi connectivity index (χ2n) is 6.17. The van der Waals surface area contributed by atoms with E-state index < -0.39 is 10.1 Å². The average molecular weight is 364 g/mol. The third kappa shape index (κ3) is 6.49. The molecule has 0 radical (unpaired) electrons. The number of aryl methyl sites for hydroxylation is 1. The monoisotopic (exact) mass is 364 g/mol. The first-order chi connectivity index (χ1) is 11.9. The first kappa shape index (κ1) is 19.4. The van der Waals surface area contributed by atoms with Crippen molar-refractivity contribution in [3.8, 4) is 5.75 Å². The maximum Gasteiger partial charge on any atom is 0.294 e. The zero-order valence-electron chi connectivity index (χ0n) is 14.5. The fourth-order valence-corrected chi connectivity index (χ4v) is 3.11. The number of hydrogen-bond donors (Lipinski definition) is 1. The fourth-order valence-electron chi connectivity index (χ4n) is 2.63. The van der Waals surface area contributed by atoms with E-state index in [4.69, 9.17) is 14.0 Å². The highest BCUT2D eigenvalue weighted by Gasteiger charge is 2.09. The molecule has 2 aromatic carbocycles. The van der Waals surface area contributed by atoms with Crippen molar-refractivity contribution in [2.75, 3.05) is 13.9 Å². The largest absolute Gasteiger partial charge is 0.468 e. The maximum atomic E-state index is 11.0. The predicted molar refractivity (Wildman–Crippen MR) is 96.4 cm³/mol. The second-order valence-corrected chi connectivity index (χ2v) is 7.59. The molecule has 5 nitrogen and oxygen atoms in total. The summed E-state index contributed by atoms with van der Waals surface area (Å²) in [6.07, 6.45) is 2.77. The van der Waals surface area contributed by atoms with Crippen LogP contribution in [-0.2, 0) is 27.7 Å². The van der Waals surface area contributed by atoms with Gasteiger partial charge in [0.25, 0.3) is 10.1 Å². The molecule has 0 aromatic heterocycles. The van der Waals surface area contributed by atoms with E-state index in [-0.39, 0.29) is 11.7 Å². The van der Waals surface area contributed by atoms with Crippen LogP contribution in [0, 0.1) is 5.92 Å². The molecule has 0 fully saturated rings. The van der Waals surface area contributed by atoms with Crippen molar-refractivity contribution in [3.63, 3.8) is 0 Å². The number of ether oxygens (including phenoxy) is 2. The number of methoxy groups -OCH3 is 1. The molecular weight excluding hydrogens is 340 g/mol. The molecule has 0 saturated heterocycles. The van der Waals surface area contributed by atoms with Gasteiger partial charge in [-0.05, 0) is 60.6 Å². The molecule has 0 aliphatic rings. The lowest BCUT2D eigenvalue weighted by molar-refractivity contribution is 0.0511. The topological polar surface area (TPSA) is 72.8 Å². The van der Waals surface area contributed by atoms with E-state index in [0.717, 1.165) is 30.6 Å². The van der Waals surface area contributed by atoms with E-state index in [1.54, 1.807) is 19.2 Å². The van der Waals surface area contributed by atoms with Crippen LogP contribution in [0.25, 0.3) is 0 Å². The normalized spacial score (nSPS) is 12.8. The molecule has 0 aliphatic heterocycles. The zero-order chi connectivity index (χ0) is 18.3. The van der Waals surface area contributed by atoms with Gasteiger partial charge in [0.15, 0.2) is 6.79 Å². The molecule has 0 spiro atoms. The van der Waals surface area contributed by atoms with Crippen LogP contribution in [0.1, 0.15) is 24.5 Å². The van der Waals surface area contributed by atoms with Gasteiger partial charge in [0.2, 0.25) is 0 Å². The Hall–Kier alpha value is -1.89. The van der Waals surface area contributed by atoms with Gasteiger partial charge >= 0.3 is 0 Å². The number of benzene rings is 2. The lowest BCUT2D eigenvalue weighted by Gasteiger charge is -2.13. The summed E-state index contributed by atoms with van der Waals surface area (Å²) in [5.74, 6) is 1.27. The average Bonchev–Trinajstić information content (AvgIpc) is 2.58. The van der Waals surface area contributed by atoms with Crippen LogP contribution >= 0.6 is 0 Å². The van der Waals surface area contributed by atoms with E-state index in [1.165, 1.54) is 17.7 Å². The summed E-state index contributed by atoms with van der Waals surface area (Å²) in [6.45, 7) is 2.42. The van der Waals surface area contributed by atoms with Crippen LogP contribution < -0.4 is 4.74 Å². The number of hydrogen-bond acceptors (Lipinski definition) is 4. The van der Waals surface area contributed by atoms with Crippen LogP contribution in [0.5, 0.6) is 5.75 Å². The van der Waals surface area contributed by atoms with E-state index in [1.807, 2.05) is 18.2 Å². The van der Waals surface area contributed by atoms with Gasteiger partial charge in [0, 0.05) is 7.11 Å². The summed E-state index contributed by atoms with van der Waals surface area (Å²) in [7, 11) is -2.53. The Morgan fingerprint density at radius 2 is 1.80 bits per heavy atom. The minimum atomic E-state index is -4.12. The van der Waals surface area contributed by atoms with Crippen molar-refractivity contribution < 1.29 is 22.4 Å². The van der Waals surface area contributed by atoms with E-state index in [2.05, 4.69) is 13.0 Å². The van der Waals surface area contributed by atoms with Crippen molar-refractivity contribution in [2.24, 2.45) is 5.92 Å². The Kier molecular flexibility index (Phi) is 6.99. The van der Waals surface area contributed by atoms with Crippen molar-refractivity contribution in [1.82, 2.24) is 0 Å². The van der Waals surface area contributed by atoms with E-state index >= 15 is 0 Å². The summed E-state index contributed by atoms with van der Waals surface area (Å²) in [5, 5.41) is 0. The molecule has 136 valence electrons. The summed E-state index contributed by atoms with van der Waals surface area (Å²) in [5.41, 5.74) is 2.26. The summed E-state index contributed by atoms with van der Waals surface area (Å²) in [6, 6.07) is 14.3. The van der Waals surface area contributed by atoms with Gasteiger partial charge in [-0.1, -0.05) is 31.2 Å². The molecule has 0 bridgehead atoms. The molecule has 0 heterocycles. The predicted octanol–water partition coefficient (Wildman–Crippen LogP) is 3.73. The maximum absolute atomic E-state index is 11.0. The van der Waals surface area contributed by atoms with Gasteiger partial charge in [0.1, 0.15) is 5.75 Å². The Balaban J connectivity index is 1.87. The highest BCUT2D eigenvalue weighted by molar-refractivity contribution is 7.85. The van der Waals surface area contributed by atoms with Gasteiger partial charge in [-0.2, -0.15) is 8.42 Å². The van der Waals surface area contributed by atoms with Crippen molar-refractivity contribution in [1.29, 1.82) is 0 Å². The van der Waals surface area contributed by atoms with Crippen LogP contribution in [0.4, 0.5) is 0 Å². The van der Waals surface area contributed by atoms with Crippen molar-refractivity contribution in [3.05, 3.63) is 59.7 Å². The summed E-state index contributed by atoms with van der Waals surface area (Å²) in [4.78, 5) is -0.0721. The number of rotatable bonds is 9. The van der Waals surface area contributed by atoms with E-state index in [9.17, 15) is 8.42 Å². The van der Waals surface area contributed by atoms with Crippen LogP contribution in [-0.4, -0.2) is 26.9 Å². The lowest BCUT2D eigenvalue weighted by Crippen LogP contribution is -2.03. The highest BCUT2D eigenvalue weighted by atomic mass is 32.2. The van der Waals surface area contributed by atoms with Gasteiger partial charge in [-0.15, -0.1) is 0 Å². The first-order valence-corrected chi connectivity index (χ1v) is 9.59. The molecular formula is C19H24O5S. The van der Waals surface area contributed by atoms with Gasteiger partial charge in [0.05, 0.1) is 4.90 Å². The van der Waals surface area contributed by atoms with Crippen LogP contribution in [0.3, 0.4) is 0 Å². The first-order valence-electron chi connectivity index (χ1n) is 8.15. The van der Waals surface area contributed by atoms with Crippen LogP contribution in [0.2, 0.25) is 0 Å². The molecule has 1 N–H and O–H groups in total. The van der Waals surface area contributed by atoms with Gasteiger partial charge in [-0.3, -0.25) is 4.55 Å². The smallest absolute Gasteiger partial charge is 0.294 e. The zero-order valence-corrected chi connectivity index (χ0v) is 15.3. The molecule has 25 heavy (non-hydrogen) atoms. The van der Waals surface area contributed by atoms with E-state index in [0.29, 0.717) is 5.92 Å². The van der Waals surface area contributed by atoms with Crippen LogP contribution in [0.15, 0.2) is 53.4 Å². The minimum absolute atomic E-state index is 0.0721. The molecule has 0 aliphatic carbocycles. The van der Waals surface area contributed by atoms with Gasteiger partial charge in [-0.25, -0.2) is 0 Å². The minimum Gasteiger partial charge on any atom is -0.468 e. The standard InChI is InChI=1S/C19H24O5S/c1-15(12-17-4-3-5-18(13-17)24-14-23-2)6-7-16-8-10-19(11-9-16)25(20,21)22/h3-5,8-11,13,15H,6-7,12,14H2,1-2H3,(H,20,21,22). The SMILES string of the molecule is COCOc1cccc(CC(C)CCc2ccc(S(=O)(=O)O)cc2)c1. The Bertz CT molecular complexity index is 769. The molecule has 0 amide bonds.